The molecule has 0 N–H and O–H groups in total. The van der Waals surface area contributed by atoms with Gasteiger partial charge in [-0.2, -0.15) is 0 Å². The van der Waals surface area contributed by atoms with E-state index in [0.29, 0.717) is 0 Å². The average molecular weight is 567 g/mol. The molecule has 0 saturated carbocycles. The molecule has 39 heavy (non-hydrogen) atoms. The summed E-state index contributed by atoms with van der Waals surface area (Å²) < 4.78 is 50.7. The lowest BCUT2D eigenvalue weighted by Gasteiger charge is -2.44. The molecule has 2 saturated heterocycles. The Morgan fingerprint density at radius 3 is 1.38 bits per heavy atom. The van der Waals surface area contributed by atoms with Crippen molar-refractivity contribution in [2.24, 2.45) is 5.41 Å². The van der Waals surface area contributed by atoms with E-state index in [0.717, 1.165) is 11.1 Å². The standard InChI is InChI=1S/C29H32N2O6P2/c32-38(23-30-17-9-7-15-27(30)25-11-3-1-4-12-25)34-19-29(20-35-38)21-36-39(33,37-22-29)24-31-18-10-8-16-28(31)26-13-5-2-6-14-26/h1-18,27-28H,19-24H2. The number of hydrogen-bond acceptors (Lipinski definition) is 8. The lowest BCUT2D eigenvalue weighted by molar-refractivity contribution is -0.0708. The predicted octanol–water partition coefficient (Wildman–Crippen LogP) is 6.62. The van der Waals surface area contributed by atoms with E-state index < -0.39 is 20.6 Å². The van der Waals surface area contributed by atoms with Crippen molar-refractivity contribution in [2.45, 2.75) is 12.1 Å². The molecule has 0 amide bonds. The molecule has 0 aromatic heterocycles. The molecule has 4 heterocycles. The van der Waals surface area contributed by atoms with Gasteiger partial charge in [-0.1, -0.05) is 85.0 Å². The van der Waals surface area contributed by atoms with E-state index >= 15 is 0 Å². The first-order chi connectivity index (χ1) is 19.0. The van der Waals surface area contributed by atoms with Crippen LogP contribution < -0.4 is 0 Å². The zero-order chi connectivity index (χ0) is 26.8. The molecular weight excluding hydrogens is 534 g/mol. The first-order valence-corrected chi connectivity index (χ1v) is 16.5. The van der Waals surface area contributed by atoms with Crippen LogP contribution in [0, 0.1) is 5.41 Å². The summed E-state index contributed by atoms with van der Waals surface area (Å²) in [5.74, 6) is 0. The molecule has 2 fully saturated rings. The Kier molecular flexibility index (Phi) is 7.52. The lowest BCUT2D eigenvalue weighted by atomic mass is 9.93. The number of allylic oxidation sites excluding steroid dienone is 4. The summed E-state index contributed by atoms with van der Waals surface area (Å²) in [5.41, 5.74) is 1.53. The van der Waals surface area contributed by atoms with Crippen LogP contribution in [0.1, 0.15) is 23.2 Å². The normalized spacial score (nSPS) is 34.1. The lowest BCUT2D eigenvalue weighted by Crippen LogP contribution is -2.47. The van der Waals surface area contributed by atoms with Gasteiger partial charge in [0.25, 0.3) is 0 Å². The first kappa shape index (κ1) is 26.5. The second-order valence-corrected chi connectivity index (χ2v) is 14.3. The van der Waals surface area contributed by atoms with E-state index in [2.05, 4.69) is 12.2 Å². The third kappa shape index (κ3) is 5.92. The molecule has 1 spiro atoms. The topological polar surface area (TPSA) is 77.5 Å². The zero-order valence-corrected chi connectivity index (χ0v) is 23.3. The van der Waals surface area contributed by atoms with Gasteiger partial charge in [-0.3, -0.25) is 9.13 Å². The average Bonchev–Trinajstić information content (AvgIpc) is 2.98. The van der Waals surface area contributed by atoms with Gasteiger partial charge in [-0.05, 0) is 23.3 Å². The maximum atomic E-state index is 13.6. The molecule has 0 radical (unpaired) electrons. The first-order valence-electron chi connectivity index (χ1n) is 13.0. The van der Waals surface area contributed by atoms with Crippen molar-refractivity contribution in [3.8, 4) is 0 Å². The molecule has 4 aliphatic rings. The Hall–Kier alpha value is -2.70. The maximum Gasteiger partial charge on any atom is 0.349 e. The van der Waals surface area contributed by atoms with E-state index in [1.165, 1.54) is 0 Å². The highest BCUT2D eigenvalue weighted by molar-refractivity contribution is 7.54. The number of benzene rings is 2. The van der Waals surface area contributed by atoms with Crippen LogP contribution in [-0.2, 0) is 27.2 Å². The quantitative estimate of drug-likeness (QED) is 0.361. The molecule has 2 aromatic rings. The van der Waals surface area contributed by atoms with Crippen LogP contribution in [0.3, 0.4) is 0 Å². The van der Waals surface area contributed by atoms with Gasteiger partial charge in [0.15, 0.2) is 0 Å². The van der Waals surface area contributed by atoms with E-state index in [1.807, 2.05) is 107 Å². The van der Waals surface area contributed by atoms with Crippen LogP contribution in [-0.4, -0.2) is 48.8 Å². The predicted molar refractivity (Wildman–Crippen MR) is 150 cm³/mol. The summed E-state index contributed by atoms with van der Waals surface area (Å²) in [7, 11) is -6.80. The van der Waals surface area contributed by atoms with Gasteiger partial charge in [0.1, 0.15) is 12.6 Å². The SMILES string of the molecule is O=P1(CN2C=CC=CC2c2ccccc2)OCC2(CO1)COP(=O)(CN1C=CC=CC1c1ccccc1)OC2. The summed E-state index contributed by atoms with van der Waals surface area (Å²) in [5, 5.41) is 0. The monoisotopic (exact) mass is 566 g/mol. The second kappa shape index (κ2) is 11.1. The third-order valence-electron chi connectivity index (χ3n) is 7.30. The Balaban J connectivity index is 1.06. The van der Waals surface area contributed by atoms with Crippen LogP contribution in [0.15, 0.2) is 110 Å². The summed E-state index contributed by atoms with van der Waals surface area (Å²) in [6.45, 7) is 0.582. The fourth-order valence-corrected chi connectivity index (χ4v) is 8.77. The van der Waals surface area contributed by atoms with Gasteiger partial charge >= 0.3 is 15.2 Å². The summed E-state index contributed by atoms with van der Waals surface area (Å²) in [6, 6.07) is 19.9. The van der Waals surface area contributed by atoms with Crippen molar-refractivity contribution in [2.75, 3.05) is 39.0 Å². The minimum absolute atomic E-state index is 0.0595. The van der Waals surface area contributed by atoms with Crippen LogP contribution in [0.25, 0.3) is 0 Å². The van der Waals surface area contributed by atoms with Crippen molar-refractivity contribution < 1.29 is 27.2 Å². The molecule has 0 bridgehead atoms. The van der Waals surface area contributed by atoms with E-state index in [4.69, 9.17) is 18.1 Å². The molecule has 2 unspecified atom stereocenters. The van der Waals surface area contributed by atoms with Crippen LogP contribution in [0.2, 0.25) is 0 Å². The van der Waals surface area contributed by atoms with Gasteiger partial charge in [0.2, 0.25) is 0 Å². The Morgan fingerprint density at radius 2 is 1.00 bits per heavy atom. The number of nitrogens with zero attached hydrogens (tertiary/aromatic N) is 2. The van der Waals surface area contributed by atoms with Crippen LogP contribution >= 0.6 is 15.2 Å². The van der Waals surface area contributed by atoms with Gasteiger partial charge in [-0.15, -0.1) is 0 Å². The Bertz CT molecular complexity index is 1240. The Labute approximate surface area is 229 Å². The van der Waals surface area contributed by atoms with E-state index in [9.17, 15) is 9.13 Å². The summed E-state index contributed by atoms with van der Waals surface area (Å²) in [4.78, 5) is 3.94. The molecule has 6 rings (SSSR count). The molecule has 2 aromatic carbocycles. The third-order valence-corrected chi connectivity index (χ3v) is 10.7. The molecule has 2 atom stereocenters. The minimum atomic E-state index is -3.40. The fraction of sp³-hybridized carbons (Fsp3) is 0.310. The number of rotatable bonds is 6. The number of hydrogen-bond donors (Lipinski definition) is 0. The highest BCUT2D eigenvalue weighted by Gasteiger charge is 2.49. The van der Waals surface area contributed by atoms with E-state index in [-0.39, 0.29) is 51.1 Å². The zero-order valence-electron chi connectivity index (χ0n) is 21.5. The molecule has 10 heteroatoms. The molecule has 204 valence electrons. The highest BCUT2D eigenvalue weighted by Crippen LogP contribution is 2.60. The van der Waals surface area contributed by atoms with E-state index in [1.54, 1.807) is 0 Å². The van der Waals surface area contributed by atoms with Crippen molar-refractivity contribution >= 4 is 15.2 Å². The van der Waals surface area contributed by atoms with Crippen molar-refractivity contribution in [1.29, 1.82) is 0 Å². The maximum absolute atomic E-state index is 13.6. The van der Waals surface area contributed by atoms with Gasteiger partial charge in [0, 0.05) is 12.4 Å². The van der Waals surface area contributed by atoms with Gasteiger partial charge in [0.05, 0.1) is 43.9 Å². The second-order valence-electron chi connectivity index (χ2n) is 10.3. The van der Waals surface area contributed by atoms with Gasteiger partial charge in [-0.25, -0.2) is 0 Å². The molecule has 4 aliphatic heterocycles. The molecular formula is C29H32N2O6P2. The Morgan fingerprint density at radius 1 is 0.615 bits per heavy atom. The fourth-order valence-electron chi connectivity index (χ4n) is 5.07. The summed E-state index contributed by atoms with van der Waals surface area (Å²) >= 11 is 0. The van der Waals surface area contributed by atoms with Gasteiger partial charge < -0.3 is 27.9 Å². The minimum Gasteiger partial charge on any atom is -0.355 e. The van der Waals surface area contributed by atoms with Crippen molar-refractivity contribution in [3.05, 3.63) is 121 Å². The summed E-state index contributed by atoms with van der Waals surface area (Å²) in [6.07, 6.45) is 16.0. The largest absolute Gasteiger partial charge is 0.355 e. The van der Waals surface area contributed by atoms with Crippen molar-refractivity contribution in [3.63, 3.8) is 0 Å². The highest BCUT2D eigenvalue weighted by atomic mass is 31.2. The molecule has 0 aliphatic carbocycles. The smallest absolute Gasteiger partial charge is 0.349 e. The molecule has 8 nitrogen and oxygen atoms in total. The van der Waals surface area contributed by atoms with Crippen molar-refractivity contribution in [1.82, 2.24) is 9.80 Å². The van der Waals surface area contributed by atoms with Crippen LogP contribution in [0.4, 0.5) is 0 Å². The van der Waals surface area contributed by atoms with Crippen LogP contribution in [0.5, 0.6) is 0 Å².